The van der Waals surface area contributed by atoms with Crippen molar-refractivity contribution in [3.8, 4) is 56.4 Å². The Morgan fingerprint density at radius 1 is 0.291 bits per heavy atom. The molecular formula is C51H31N3O. The van der Waals surface area contributed by atoms with Gasteiger partial charge in [-0.1, -0.05) is 158 Å². The van der Waals surface area contributed by atoms with E-state index in [-0.39, 0.29) is 0 Å². The maximum Gasteiger partial charge on any atom is 0.164 e. The van der Waals surface area contributed by atoms with Crippen LogP contribution in [0.15, 0.2) is 192 Å². The summed E-state index contributed by atoms with van der Waals surface area (Å²) in [7, 11) is 0. The van der Waals surface area contributed by atoms with Crippen molar-refractivity contribution in [3.05, 3.63) is 188 Å². The molecule has 0 atom stereocenters. The molecular weight excluding hydrogens is 671 g/mol. The van der Waals surface area contributed by atoms with Crippen molar-refractivity contribution >= 4 is 54.3 Å². The predicted molar refractivity (Wildman–Crippen MR) is 227 cm³/mol. The van der Waals surface area contributed by atoms with Gasteiger partial charge in [0.25, 0.3) is 0 Å². The lowest BCUT2D eigenvalue weighted by molar-refractivity contribution is 0.669. The van der Waals surface area contributed by atoms with E-state index in [1.807, 2.05) is 30.3 Å². The monoisotopic (exact) mass is 701 g/mol. The molecule has 0 fully saturated rings. The number of furan rings is 1. The molecule has 11 rings (SSSR count). The van der Waals surface area contributed by atoms with Gasteiger partial charge in [0.1, 0.15) is 11.2 Å². The molecule has 4 heteroatoms. The Labute approximate surface area is 317 Å². The van der Waals surface area contributed by atoms with E-state index in [1.54, 1.807) is 0 Å². The van der Waals surface area contributed by atoms with Gasteiger partial charge in [-0.25, -0.2) is 15.0 Å². The Bertz CT molecular complexity index is 3260. The van der Waals surface area contributed by atoms with Crippen LogP contribution in [0, 0.1) is 0 Å². The molecule has 0 saturated heterocycles. The van der Waals surface area contributed by atoms with Crippen LogP contribution in [-0.4, -0.2) is 15.0 Å². The molecule has 0 bridgehead atoms. The number of hydrogen-bond donors (Lipinski definition) is 0. The smallest absolute Gasteiger partial charge is 0.164 e. The van der Waals surface area contributed by atoms with Gasteiger partial charge in [0, 0.05) is 27.5 Å². The van der Waals surface area contributed by atoms with E-state index in [4.69, 9.17) is 19.4 Å². The quantitative estimate of drug-likeness (QED) is 0.168. The Morgan fingerprint density at radius 3 is 1.56 bits per heavy atom. The van der Waals surface area contributed by atoms with Gasteiger partial charge in [-0.15, -0.1) is 0 Å². The van der Waals surface area contributed by atoms with E-state index in [0.29, 0.717) is 17.5 Å². The first-order valence-corrected chi connectivity index (χ1v) is 18.5. The van der Waals surface area contributed by atoms with Gasteiger partial charge in [-0.3, -0.25) is 0 Å². The van der Waals surface area contributed by atoms with Gasteiger partial charge in [0.05, 0.1) is 0 Å². The molecule has 0 spiro atoms. The zero-order valence-electron chi connectivity index (χ0n) is 29.6. The normalized spacial score (nSPS) is 11.6. The van der Waals surface area contributed by atoms with E-state index in [1.165, 1.54) is 32.7 Å². The molecule has 55 heavy (non-hydrogen) atoms. The zero-order chi connectivity index (χ0) is 36.3. The van der Waals surface area contributed by atoms with Crippen LogP contribution in [0.25, 0.3) is 111 Å². The third kappa shape index (κ3) is 5.19. The Balaban J connectivity index is 1.21. The zero-order valence-corrected chi connectivity index (χ0v) is 29.6. The summed E-state index contributed by atoms with van der Waals surface area (Å²) in [6.07, 6.45) is 0. The highest BCUT2D eigenvalue weighted by molar-refractivity contribution is 6.17. The number of hydrogen-bond acceptors (Lipinski definition) is 4. The summed E-state index contributed by atoms with van der Waals surface area (Å²) in [5.74, 6) is 1.81. The van der Waals surface area contributed by atoms with Gasteiger partial charge in [0.2, 0.25) is 0 Å². The largest absolute Gasteiger partial charge is 0.456 e. The van der Waals surface area contributed by atoms with Crippen LogP contribution in [0.5, 0.6) is 0 Å². The fourth-order valence-corrected chi connectivity index (χ4v) is 8.18. The molecule has 256 valence electrons. The predicted octanol–water partition coefficient (Wildman–Crippen LogP) is 13.6. The average Bonchev–Trinajstić information content (AvgIpc) is 3.64. The molecule has 0 unspecified atom stereocenters. The molecule has 0 amide bonds. The van der Waals surface area contributed by atoms with E-state index >= 15 is 0 Å². The van der Waals surface area contributed by atoms with Crippen LogP contribution >= 0.6 is 0 Å². The lowest BCUT2D eigenvalue weighted by Crippen LogP contribution is -2.01. The molecule has 0 aliphatic heterocycles. The fraction of sp³-hybridized carbons (Fsp3) is 0. The van der Waals surface area contributed by atoms with Crippen LogP contribution in [0.1, 0.15) is 0 Å². The van der Waals surface area contributed by atoms with Crippen molar-refractivity contribution in [1.82, 2.24) is 15.0 Å². The van der Waals surface area contributed by atoms with Crippen LogP contribution in [0.2, 0.25) is 0 Å². The minimum absolute atomic E-state index is 0.587. The summed E-state index contributed by atoms with van der Waals surface area (Å²) in [4.78, 5) is 15.8. The van der Waals surface area contributed by atoms with E-state index < -0.39 is 0 Å². The van der Waals surface area contributed by atoms with Gasteiger partial charge in [-0.2, -0.15) is 0 Å². The van der Waals surface area contributed by atoms with Crippen LogP contribution in [0.3, 0.4) is 0 Å². The highest BCUT2D eigenvalue weighted by atomic mass is 16.3. The Kier molecular flexibility index (Phi) is 7.14. The van der Waals surface area contributed by atoms with Gasteiger partial charge in [-0.05, 0) is 84.9 Å². The minimum atomic E-state index is 0.587. The number of rotatable bonds is 5. The summed E-state index contributed by atoms with van der Waals surface area (Å²) in [5.41, 5.74) is 8.84. The summed E-state index contributed by atoms with van der Waals surface area (Å²) in [6, 6.07) is 65.7. The molecule has 0 radical (unpaired) electrons. The maximum absolute atomic E-state index is 6.65. The molecule has 0 aliphatic carbocycles. The maximum atomic E-state index is 6.65. The second kappa shape index (κ2) is 12.6. The SMILES string of the molecule is c1ccc(-c2nc(-c3ccc(-c4ccccc4)c4ccccc34)nc(-c3cc(-c4cc5ccccc5c5ccccc45)cc4oc5ccccc5c34)n2)cc1. The van der Waals surface area contributed by atoms with Crippen LogP contribution in [-0.2, 0) is 0 Å². The summed E-state index contributed by atoms with van der Waals surface area (Å²) in [6.45, 7) is 0. The lowest BCUT2D eigenvalue weighted by Gasteiger charge is -2.15. The first-order chi connectivity index (χ1) is 27.3. The van der Waals surface area contributed by atoms with Crippen LogP contribution < -0.4 is 0 Å². The molecule has 2 heterocycles. The first kappa shape index (κ1) is 31.1. The van der Waals surface area contributed by atoms with Gasteiger partial charge < -0.3 is 4.42 Å². The van der Waals surface area contributed by atoms with Crippen molar-refractivity contribution in [3.63, 3.8) is 0 Å². The van der Waals surface area contributed by atoms with Crippen molar-refractivity contribution in [2.24, 2.45) is 0 Å². The number of fused-ring (bicyclic) bond motifs is 7. The molecule has 0 saturated carbocycles. The third-order valence-corrected chi connectivity index (χ3v) is 10.7. The lowest BCUT2D eigenvalue weighted by atomic mass is 9.91. The van der Waals surface area contributed by atoms with E-state index in [9.17, 15) is 0 Å². The van der Waals surface area contributed by atoms with E-state index in [0.717, 1.165) is 60.5 Å². The van der Waals surface area contributed by atoms with Gasteiger partial charge >= 0.3 is 0 Å². The summed E-state index contributed by atoms with van der Waals surface area (Å²) in [5, 5.41) is 9.01. The number of nitrogens with zero attached hydrogens (tertiary/aromatic N) is 3. The van der Waals surface area contributed by atoms with Crippen molar-refractivity contribution in [1.29, 1.82) is 0 Å². The second-order valence-corrected chi connectivity index (χ2v) is 13.9. The average molecular weight is 702 g/mol. The Hall–Kier alpha value is -7.43. The number of aromatic nitrogens is 3. The van der Waals surface area contributed by atoms with E-state index in [2.05, 4.69) is 158 Å². The molecule has 2 aromatic heterocycles. The Morgan fingerprint density at radius 2 is 0.818 bits per heavy atom. The number of benzene rings is 9. The van der Waals surface area contributed by atoms with Gasteiger partial charge in [0.15, 0.2) is 17.5 Å². The molecule has 4 nitrogen and oxygen atoms in total. The standard InChI is InChI=1S/C51H31N3O/c1-3-15-32(16-4-1)37-27-28-42(40-23-11-9-22-39(37)40)50-52-49(33-17-5-2-6-18-33)53-51(54-50)45-30-35(31-47-48(45)43-25-13-14-26-46(43)55-47)44-29-34-19-7-8-20-36(34)38-21-10-12-24-41(38)44/h1-31H. The van der Waals surface area contributed by atoms with Crippen molar-refractivity contribution in [2.75, 3.05) is 0 Å². The minimum Gasteiger partial charge on any atom is -0.456 e. The molecule has 0 N–H and O–H groups in total. The second-order valence-electron chi connectivity index (χ2n) is 13.9. The summed E-state index contributed by atoms with van der Waals surface area (Å²) < 4.78 is 6.65. The topological polar surface area (TPSA) is 51.8 Å². The van der Waals surface area contributed by atoms with Crippen LogP contribution in [0.4, 0.5) is 0 Å². The number of para-hydroxylation sites is 1. The molecule has 11 aromatic rings. The van der Waals surface area contributed by atoms with Crippen molar-refractivity contribution < 1.29 is 4.42 Å². The summed E-state index contributed by atoms with van der Waals surface area (Å²) >= 11 is 0. The first-order valence-electron chi connectivity index (χ1n) is 18.5. The third-order valence-electron chi connectivity index (χ3n) is 10.7. The molecule has 0 aliphatic rings. The highest BCUT2D eigenvalue weighted by Gasteiger charge is 2.21. The fourth-order valence-electron chi connectivity index (χ4n) is 8.18. The van der Waals surface area contributed by atoms with Crippen molar-refractivity contribution in [2.45, 2.75) is 0 Å². The molecule has 9 aromatic carbocycles. The highest BCUT2D eigenvalue weighted by Crippen LogP contribution is 2.43.